The number of para-hydroxylation sites is 1. The minimum absolute atomic E-state index is 0.0256. The van der Waals surface area contributed by atoms with Crippen LogP contribution in [0.25, 0.3) is 0 Å². The predicted molar refractivity (Wildman–Crippen MR) is 119 cm³/mol. The third-order valence-corrected chi connectivity index (χ3v) is 7.07. The van der Waals surface area contributed by atoms with E-state index >= 15 is 0 Å². The molecule has 0 aromatic heterocycles. The van der Waals surface area contributed by atoms with E-state index in [0.29, 0.717) is 0 Å². The Balaban J connectivity index is 2.06. The highest BCUT2D eigenvalue weighted by Gasteiger charge is 2.35. The Morgan fingerprint density at radius 2 is 1.59 bits per heavy atom. The van der Waals surface area contributed by atoms with E-state index in [1.807, 2.05) is 0 Å². The number of nitrogens with zero attached hydrogens (tertiary/aromatic N) is 1. The molecule has 0 unspecified atom stereocenters. The summed E-state index contributed by atoms with van der Waals surface area (Å²) in [5, 5.41) is 5.06. The summed E-state index contributed by atoms with van der Waals surface area (Å²) in [5.41, 5.74) is -0.270. The second-order valence-electron chi connectivity index (χ2n) is 6.86. The molecule has 3 rings (SSSR count). The molecular weight excluding hydrogens is 490 g/mol. The molecule has 0 radical (unpaired) electrons. The Morgan fingerprint density at radius 1 is 0.971 bits per heavy atom. The van der Waals surface area contributed by atoms with Crippen molar-refractivity contribution in [1.82, 2.24) is 0 Å². The first-order chi connectivity index (χ1) is 16.0. The van der Waals surface area contributed by atoms with Gasteiger partial charge in [-0.2, -0.15) is 0 Å². The van der Waals surface area contributed by atoms with Gasteiger partial charge in [0.2, 0.25) is 10.0 Å². The van der Waals surface area contributed by atoms with Gasteiger partial charge >= 0.3 is 11.9 Å². The zero-order valence-corrected chi connectivity index (χ0v) is 19.7. The minimum Gasteiger partial charge on any atom is -0.466 e. The Morgan fingerprint density at radius 3 is 2.18 bits per heavy atom. The van der Waals surface area contributed by atoms with Gasteiger partial charge in [0.1, 0.15) is 17.3 Å². The predicted octanol–water partition coefficient (Wildman–Crippen LogP) is 0.529. The number of methoxy groups -OCH3 is 2. The quantitative estimate of drug-likeness (QED) is 0.500. The van der Waals surface area contributed by atoms with Gasteiger partial charge in [-0.3, -0.25) is 4.72 Å². The summed E-state index contributed by atoms with van der Waals surface area (Å²) in [6.45, 7) is -0.488. The Labute approximate surface area is 196 Å². The van der Waals surface area contributed by atoms with E-state index < -0.39 is 32.0 Å². The van der Waals surface area contributed by atoms with Crippen LogP contribution in [0, 0.1) is 0 Å². The first-order valence-electron chi connectivity index (χ1n) is 9.49. The average Bonchev–Trinajstić information content (AvgIpc) is 2.82. The van der Waals surface area contributed by atoms with Crippen LogP contribution in [-0.2, 0) is 43.8 Å². The van der Waals surface area contributed by atoms with E-state index in [1.54, 1.807) is 0 Å². The van der Waals surface area contributed by atoms with Crippen molar-refractivity contribution in [2.45, 2.75) is 9.79 Å². The summed E-state index contributed by atoms with van der Waals surface area (Å²) in [6.07, 6.45) is 0. The van der Waals surface area contributed by atoms with E-state index in [-0.39, 0.29) is 45.8 Å². The van der Waals surface area contributed by atoms with Crippen molar-refractivity contribution in [2.75, 3.05) is 37.2 Å². The number of ether oxygens (including phenoxy) is 3. The Hall–Kier alpha value is -3.46. The third kappa shape index (κ3) is 5.20. The van der Waals surface area contributed by atoms with Crippen LogP contribution in [0.3, 0.4) is 0 Å². The smallest absolute Gasteiger partial charge is 0.355 e. The van der Waals surface area contributed by atoms with Crippen LogP contribution < -0.4 is 14.8 Å². The highest BCUT2D eigenvalue weighted by Crippen LogP contribution is 2.33. The van der Waals surface area contributed by atoms with Gasteiger partial charge in [-0.1, -0.05) is 12.1 Å². The van der Waals surface area contributed by atoms with E-state index in [4.69, 9.17) is 19.3 Å². The largest absolute Gasteiger partial charge is 0.466 e. The standard InChI is InChI=1S/C20H21N3O9S2/c1-30-19(24)15-11-32-12-23(18(15)20(25)31-2)16-5-3-4-6-17(16)34(28,29)22-13-7-9-14(10-8-13)33(21,26)27/h3-10,22H,11-12H2,1-2H3,(H2,21,26,27). The summed E-state index contributed by atoms with van der Waals surface area (Å²) in [5.74, 6) is -1.72. The first kappa shape index (κ1) is 25.2. The maximum Gasteiger partial charge on any atom is 0.355 e. The van der Waals surface area contributed by atoms with Gasteiger partial charge < -0.3 is 19.1 Å². The molecule has 0 spiro atoms. The lowest BCUT2D eigenvalue weighted by atomic mass is 10.1. The van der Waals surface area contributed by atoms with Gasteiger partial charge in [0.15, 0.2) is 0 Å². The van der Waals surface area contributed by atoms with Gasteiger partial charge in [0.25, 0.3) is 10.0 Å². The van der Waals surface area contributed by atoms with Gasteiger partial charge in [0.05, 0.1) is 37.0 Å². The number of anilines is 2. The minimum atomic E-state index is -4.26. The van der Waals surface area contributed by atoms with Crippen molar-refractivity contribution >= 4 is 43.4 Å². The number of nitrogens with two attached hydrogens (primary N) is 1. The van der Waals surface area contributed by atoms with Crippen molar-refractivity contribution < 1.29 is 40.6 Å². The topological polar surface area (TPSA) is 171 Å². The number of hydrogen-bond donors (Lipinski definition) is 2. The number of benzene rings is 2. The monoisotopic (exact) mass is 511 g/mol. The second-order valence-corrected chi connectivity index (χ2v) is 10.1. The number of rotatable bonds is 7. The molecule has 0 aliphatic carbocycles. The lowest BCUT2D eigenvalue weighted by Crippen LogP contribution is -2.39. The summed E-state index contributed by atoms with van der Waals surface area (Å²) in [4.78, 5) is 25.5. The Bertz CT molecular complexity index is 1350. The molecule has 1 heterocycles. The fourth-order valence-electron chi connectivity index (χ4n) is 3.16. The van der Waals surface area contributed by atoms with Gasteiger partial charge in [-0.25, -0.2) is 31.6 Å². The van der Waals surface area contributed by atoms with Crippen molar-refractivity contribution in [3.63, 3.8) is 0 Å². The van der Waals surface area contributed by atoms with Crippen molar-refractivity contribution in [3.05, 3.63) is 59.8 Å². The van der Waals surface area contributed by atoms with Crippen LogP contribution in [0.5, 0.6) is 0 Å². The zero-order chi connectivity index (χ0) is 25.1. The molecule has 0 atom stereocenters. The maximum atomic E-state index is 13.2. The van der Waals surface area contributed by atoms with Gasteiger partial charge in [-0.05, 0) is 36.4 Å². The molecule has 0 saturated heterocycles. The molecule has 0 bridgehead atoms. The molecule has 0 amide bonds. The van der Waals surface area contributed by atoms with Crippen molar-refractivity contribution in [3.8, 4) is 0 Å². The highest BCUT2D eigenvalue weighted by atomic mass is 32.2. The van der Waals surface area contributed by atoms with Crippen LogP contribution in [-0.4, -0.2) is 56.3 Å². The third-order valence-electron chi connectivity index (χ3n) is 4.71. The lowest BCUT2D eigenvalue weighted by molar-refractivity contribution is -0.140. The summed E-state index contributed by atoms with van der Waals surface area (Å²) < 4.78 is 66.5. The highest BCUT2D eigenvalue weighted by molar-refractivity contribution is 7.93. The molecule has 182 valence electrons. The first-order valence-corrected chi connectivity index (χ1v) is 12.5. The Kier molecular flexibility index (Phi) is 7.26. The number of primary sulfonamides is 1. The van der Waals surface area contributed by atoms with E-state index in [1.165, 1.54) is 41.3 Å². The van der Waals surface area contributed by atoms with E-state index in [0.717, 1.165) is 26.4 Å². The molecule has 3 N–H and O–H groups in total. The van der Waals surface area contributed by atoms with Gasteiger partial charge in [0, 0.05) is 5.69 Å². The zero-order valence-electron chi connectivity index (χ0n) is 18.0. The van der Waals surface area contributed by atoms with E-state index in [9.17, 15) is 26.4 Å². The van der Waals surface area contributed by atoms with Crippen LogP contribution in [0.1, 0.15) is 0 Å². The molecule has 0 saturated carbocycles. The number of carbonyl (C=O) groups excluding carboxylic acids is 2. The van der Waals surface area contributed by atoms with E-state index in [2.05, 4.69) is 4.72 Å². The number of hydrogen-bond acceptors (Lipinski definition) is 10. The van der Waals surface area contributed by atoms with Gasteiger partial charge in [-0.15, -0.1) is 0 Å². The van der Waals surface area contributed by atoms with Crippen LogP contribution >= 0.6 is 0 Å². The molecule has 1 aliphatic rings. The van der Waals surface area contributed by atoms with Crippen LogP contribution in [0.15, 0.2) is 69.6 Å². The fraction of sp³-hybridized carbons (Fsp3) is 0.200. The summed E-state index contributed by atoms with van der Waals surface area (Å²) in [6, 6.07) is 10.5. The summed E-state index contributed by atoms with van der Waals surface area (Å²) >= 11 is 0. The molecule has 1 aliphatic heterocycles. The average molecular weight is 512 g/mol. The maximum absolute atomic E-state index is 13.2. The molecular formula is C20H21N3O9S2. The number of nitrogens with one attached hydrogen (secondary N) is 1. The van der Waals surface area contributed by atoms with Crippen molar-refractivity contribution in [2.24, 2.45) is 5.14 Å². The molecule has 2 aromatic carbocycles. The second kappa shape index (κ2) is 9.80. The number of esters is 2. The molecule has 12 nitrogen and oxygen atoms in total. The van der Waals surface area contributed by atoms with Crippen LogP contribution in [0.2, 0.25) is 0 Å². The normalized spacial score (nSPS) is 14.5. The molecule has 2 aromatic rings. The number of sulfonamides is 2. The van der Waals surface area contributed by atoms with Crippen molar-refractivity contribution in [1.29, 1.82) is 0 Å². The lowest BCUT2D eigenvalue weighted by Gasteiger charge is -2.32. The fourth-order valence-corrected chi connectivity index (χ4v) is 4.95. The SMILES string of the molecule is COC(=O)C1=C(C(=O)OC)N(c2ccccc2S(=O)(=O)Nc2ccc(S(N)(=O)=O)cc2)COC1. The molecule has 14 heteroatoms. The summed E-state index contributed by atoms with van der Waals surface area (Å²) in [7, 11) is -5.96. The molecule has 0 fully saturated rings. The van der Waals surface area contributed by atoms with Crippen LogP contribution in [0.4, 0.5) is 11.4 Å². The number of carbonyl (C=O) groups is 2. The molecule has 34 heavy (non-hydrogen) atoms.